The largest absolute Gasteiger partial charge is 0.324 e. The fourth-order valence-corrected chi connectivity index (χ4v) is 0.862. The van der Waals surface area contributed by atoms with E-state index in [1.165, 1.54) is 13.8 Å². The molecule has 15 heavy (non-hydrogen) atoms. The predicted octanol–water partition coefficient (Wildman–Crippen LogP) is 1.77. The molecule has 0 aromatic carbocycles. The summed E-state index contributed by atoms with van der Waals surface area (Å²) in [6, 6.07) is 0. The average molecular weight is 285 g/mol. The van der Waals surface area contributed by atoms with Crippen LogP contribution in [0.25, 0.3) is 0 Å². The van der Waals surface area contributed by atoms with Crippen molar-refractivity contribution >= 4 is 17.0 Å². The number of nitrogens with one attached hydrogen (secondary N) is 1. The van der Waals surface area contributed by atoms with E-state index in [9.17, 15) is 8.78 Å². The van der Waals surface area contributed by atoms with Crippen molar-refractivity contribution in [2.75, 3.05) is 0 Å². The zero-order chi connectivity index (χ0) is 11.0. The molecule has 1 rings (SSSR count). The molecule has 7 heteroatoms. The third-order valence-corrected chi connectivity index (χ3v) is 2.38. The highest BCUT2D eigenvalue weighted by Crippen LogP contribution is 2.36. The van der Waals surface area contributed by atoms with Gasteiger partial charge in [-0.05, 0) is 13.8 Å². The first-order chi connectivity index (χ1) is 6.29. The van der Waals surface area contributed by atoms with Crippen molar-refractivity contribution in [3.8, 4) is 0 Å². The molecule has 0 aliphatic carbocycles. The Kier molecular flexibility index (Phi) is 4.36. The standard InChI is InChI=1S/C8H14F2N4.BrH/c1-7(2,8(3,9)10)6-12-5(4-11)13-14-6;/h4,11H2,1-3H3,(H,12,13,14);1H. The number of halogens is 3. The van der Waals surface area contributed by atoms with Crippen LogP contribution in [-0.2, 0) is 12.0 Å². The Morgan fingerprint density at radius 1 is 1.33 bits per heavy atom. The molecular formula is C8H15BrF2N4. The Morgan fingerprint density at radius 2 is 1.87 bits per heavy atom. The Balaban J connectivity index is 0.00000196. The van der Waals surface area contributed by atoms with Crippen LogP contribution in [0.5, 0.6) is 0 Å². The van der Waals surface area contributed by atoms with Crippen LogP contribution < -0.4 is 5.73 Å². The second-order valence-corrected chi connectivity index (χ2v) is 3.82. The number of nitrogens with zero attached hydrogens (tertiary/aromatic N) is 2. The second-order valence-electron chi connectivity index (χ2n) is 3.82. The van der Waals surface area contributed by atoms with Gasteiger partial charge in [0.05, 0.1) is 12.0 Å². The van der Waals surface area contributed by atoms with Crippen molar-refractivity contribution < 1.29 is 8.78 Å². The van der Waals surface area contributed by atoms with Crippen molar-refractivity contribution in [3.63, 3.8) is 0 Å². The zero-order valence-electron chi connectivity index (χ0n) is 8.84. The van der Waals surface area contributed by atoms with Crippen molar-refractivity contribution in [2.45, 2.75) is 38.7 Å². The molecule has 0 aliphatic rings. The molecule has 3 N–H and O–H groups in total. The van der Waals surface area contributed by atoms with Gasteiger partial charge in [-0.15, -0.1) is 17.0 Å². The molecule has 88 valence electrons. The number of hydrogen-bond donors (Lipinski definition) is 2. The predicted molar refractivity (Wildman–Crippen MR) is 58.2 cm³/mol. The maximum absolute atomic E-state index is 13.2. The SMILES string of the molecule is Br.CC(F)(F)C(C)(C)c1n[nH]c(CN)n1. The van der Waals surface area contributed by atoms with E-state index in [1.807, 2.05) is 0 Å². The van der Waals surface area contributed by atoms with Gasteiger partial charge >= 0.3 is 0 Å². The fourth-order valence-electron chi connectivity index (χ4n) is 0.862. The van der Waals surface area contributed by atoms with Crippen molar-refractivity contribution in [3.05, 3.63) is 11.6 Å². The number of rotatable bonds is 3. The minimum atomic E-state index is -2.87. The molecular weight excluding hydrogens is 270 g/mol. The molecule has 0 saturated heterocycles. The lowest BCUT2D eigenvalue weighted by Gasteiger charge is -2.28. The molecule has 0 unspecified atom stereocenters. The Hall–Kier alpha value is -0.560. The number of nitrogens with two attached hydrogens (primary N) is 1. The van der Waals surface area contributed by atoms with Crippen molar-refractivity contribution in [1.29, 1.82) is 0 Å². The third-order valence-electron chi connectivity index (χ3n) is 2.38. The van der Waals surface area contributed by atoms with Crippen LogP contribution in [0.4, 0.5) is 8.78 Å². The molecule has 0 saturated carbocycles. The summed E-state index contributed by atoms with van der Waals surface area (Å²) in [6.45, 7) is 3.82. The third kappa shape index (κ3) is 2.72. The molecule has 1 aromatic rings. The maximum Gasteiger partial charge on any atom is 0.257 e. The van der Waals surface area contributed by atoms with Crippen molar-refractivity contribution in [2.24, 2.45) is 5.73 Å². The van der Waals surface area contributed by atoms with Gasteiger partial charge in [0.1, 0.15) is 5.82 Å². The quantitative estimate of drug-likeness (QED) is 0.889. The lowest BCUT2D eigenvalue weighted by atomic mass is 9.86. The normalized spacial score (nSPS) is 12.4. The van der Waals surface area contributed by atoms with Crippen LogP contribution >= 0.6 is 17.0 Å². The van der Waals surface area contributed by atoms with Gasteiger partial charge in [0.25, 0.3) is 5.92 Å². The summed E-state index contributed by atoms with van der Waals surface area (Å²) in [5.74, 6) is -2.37. The van der Waals surface area contributed by atoms with Gasteiger partial charge in [-0.1, -0.05) is 0 Å². The number of aromatic amines is 1. The summed E-state index contributed by atoms with van der Waals surface area (Å²) in [6.07, 6.45) is 0. The van der Waals surface area contributed by atoms with Crippen LogP contribution in [-0.4, -0.2) is 21.1 Å². The summed E-state index contributed by atoms with van der Waals surface area (Å²) in [7, 11) is 0. The van der Waals surface area contributed by atoms with Gasteiger partial charge in [0.15, 0.2) is 5.82 Å². The lowest BCUT2D eigenvalue weighted by Crippen LogP contribution is -2.38. The van der Waals surface area contributed by atoms with E-state index in [0.717, 1.165) is 6.92 Å². The van der Waals surface area contributed by atoms with Crippen LogP contribution in [0, 0.1) is 0 Å². The van der Waals surface area contributed by atoms with Crippen LogP contribution in [0.15, 0.2) is 0 Å². The van der Waals surface area contributed by atoms with Crippen molar-refractivity contribution in [1.82, 2.24) is 15.2 Å². The van der Waals surface area contributed by atoms with E-state index in [4.69, 9.17) is 5.73 Å². The van der Waals surface area contributed by atoms with E-state index >= 15 is 0 Å². The first-order valence-electron chi connectivity index (χ1n) is 4.28. The molecule has 0 aliphatic heterocycles. The average Bonchev–Trinajstić information content (AvgIpc) is 2.49. The van der Waals surface area contributed by atoms with E-state index in [-0.39, 0.29) is 29.4 Å². The molecule has 1 heterocycles. The Labute approximate surface area is 97.4 Å². The van der Waals surface area contributed by atoms with Gasteiger partial charge in [-0.25, -0.2) is 13.8 Å². The second kappa shape index (κ2) is 4.52. The highest BCUT2D eigenvalue weighted by Gasteiger charge is 2.46. The van der Waals surface area contributed by atoms with E-state index in [1.54, 1.807) is 0 Å². The van der Waals surface area contributed by atoms with Gasteiger partial charge < -0.3 is 5.73 Å². The molecule has 1 aromatic heterocycles. The monoisotopic (exact) mass is 284 g/mol. The molecule has 0 spiro atoms. The Bertz CT molecular complexity index is 319. The van der Waals surface area contributed by atoms with Gasteiger partial charge in [-0.3, -0.25) is 5.10 Å². The van der Waals surface area contributed by atoms with Crippen LogP contribution in [0.3, 0.4) is 0 Å². The van der Waals surface area contributed by atoms with Gasteiger partial charge in [-0.2, -0.15) is 5.10 Å². The molecule has 0 radical (unpaired) electrons. The summed E-state index contributed by atoms with van der Waals surface area (Å²) in [4.78, 5) is 3.90. The summed E-state index contributed by atoms with van der Waals surface area (Å²) in [5.41, 5.74) is 3.90. The molecule has 0 amide bonds. The zero-order valence-corrected chi connectivity index (χ0v) is 10.6. The lowest BCUT2D eigenvalue weighted by molar-refractivity contribution is -0.0501. The van der Waals surface area contributed by atoms with Gasteiger partial charge in [0.2, 0.25) is 0 Å². The smallest absolute Gasteiger partial charge is 0.257 e. The number of hydrogen-bond acceptors (Lipinski definition) is 3. The fraction of sp³-hybridized carbons (Fsp3) is 0.750. The molecule has 0 atom stereocenters. The van der Waals surface area contributed by atoms with E-state index in [0.29, 0.717) is 5.82 Å². The number of H-pyrrole nitrogens is 1. The van der Waals surface area contributed by atoms with E-state index in [2.05, 4.69) is 15.2 Å². The van der Waals surface area contributed by atoms with Crippen LogP contribution in [0.1, 0.15) is 32.4 Å². The Morgan fingerprint density at radius 3 is 2.20 bits per heavy atom. The number of alkyl halides is 2. The minimum Gasteiger partial charge on any atom is -0.324 e. The highest BCUT2D eigenvalue weighted by molar-refractivity contribution is 8.93. The van der Waals surface area contributed by atoms with Crippen LogP contribution in [0.2, 0.25) is 0 Å². The summed E-state index contributed by atoms with van der Waals surface area (Å²) >= 11 is 0. The molecule has 4 nitrogen and oxygen atoms in total. The minimum absolute atomic E-state index is 0. The summed E-state index contributed by atoms with van der Waals surface area (Å²) in [5, 5.41) is 6.24. The first-order valence-corrected chi connectivity index (χ1v) is 4.28. The summed E-state index contributed by atoms with van der Waals surface area (Å²) < 4.78 is 26.3. The number of aromatic nitrogens is 3. The molecule has 0 fully saturated rings. The van der Waals surface area contributed by atoms with E-state index < -0.39 is 11.3 Å². The topological polar surface area (TPSA) is 67.6 Å². The maximum atomic E-state index is 13.2. The first kappa shape index (κ1) is 14.4. The van der Waals surface area contributed by atoms with Gasteiger partial charge in [0, 0.05) is 6.92 Å². The highest BCUT2D eigenvalue weighted by atomic mass is 79.9. The molecule has 0 bridgehead atoms.